The van der Waals surface area contributed by atoms with Crippen molar-refractivity contribution < 1.29 is 82.2 Å². The SMILES string of the molecule is CCCC(=O)NC(CCC(=O)NCCOCCOCC(=O)NC(CCC(=O)NC(CCC(=O)NCCOCCOCC(=O)NCCNC(=O)c1ccc(N)cc1)C(=O)O)C(=O)O)C(=O)O. The Labute approximate surface area is 374 Å². The van der Waals surface area contributed by atoms with Gasteiger partial charge in [0.2, 0.25) is 35.4 Å². The van der Waals surface area contributed by atoms with Crippen LogP contribution in [0.3, 0.4) is 0 Å². The van der Waals surface area contributed by atoms with E-state index in [4.69, 9.17) is 24.7 Å². The van der Waals surface area contributed by atoms with Gasteiger partial charge in [-0.05, 0) is 49.9 Å². The molecular weight excluding hydrogens is 864 g/mol. The minimum absolute atomic E-state index is 0.0118. The van der Waals surface area contributed by atoms with Crippen molar-refractivity contribution in [1.82, 2.24) is 37.2 Å². The van der Waals surface area contributed by atoms with Gasteiger partial charge < -0.3 is 77.2 Å². The molecule has 0 heterocycles. The van der Waals surface area contributed by atoms with Gasteiger partial charge in [-0.15, -0.1) is 0 Å². The number of amides is 7. The molecule has 3 unspecified atom stereocenters. The first-order chi connectivity index (χ1) is 31.0. The van der Waals surface area contributed by atoms with Crippen molar-refractivity contribution in [3.63, 3.8) is 0 Å². The van der Waals surface area contributed by atoms with Crippen molar-refractivity contribution in [1.29, 1.82) is 0 Å². The highest BCUT2D eigenvalue weighted by Gasteiger charge is 2.25. The number of anilines is 1. The molecule has 0 spiro atoms. The minimum atomic E-state index is -1.50. The number of hydrogen-bond acceptors (Lipinski definition) is 15. The Bertz CT molecular complexity index is 1700. The lowest BCUT2D eigenvalue weighted by Gasteiger charge is -2.17. The van der Waals surface area contributed by atoms with E-state index >= 15 is 0 Å². The third kappa shape index (κ3) is 28.8. The van der Waals surface area contributed by atoms with E-state index in [0.29, 0.717) is 17.7 Å². The van der Waals surface area contributed by atoms with E-state index in [0.717, 1.165) is 0 Å². The highest BCUT2D eigenvalue weighted by Crippen LogP contribution is 2.06. The van der Waals surface area contributed by atoms with E-state index in [2.05, 4.69) is 37.2 Å². The molecule has 0 aromatic heterocycles. The lowest BCUT2D eigenvalue weighted by atomic mass is 10.1. The van der Waals surface area contributed by atoms with E-state index in [-0.39, 0.29) is 117 Å². The summed E-state index contributed by atoms with van der Waals surface area (Å²) >= 11 is 0. The van der Waals surface area contributed by atoms with Crippen LogP contribution in [0.2, 0.25) is 0 Å². The van der Waals surface area contributed by atoms with Gasteiger partial charge in [0.05, 0.1) is 39.6 Å². The third-order valence-corrected chi connectivity index (χ3v) is 8.61. The molecule has 0 fully saturated rings. The third-order valence-electron chi connectivity index (χ3n) is 8.61. The zero-order chi connectivity index (χ0) is 48.4. The second-order valence-electron chi connectivity index (χ2n) is 14.0. The molecule has 1 aromatic rings. The van der Waals surface area contributed by atoms with E-state index < -0.39 is 84.5 Å². The standard InChI is InChI=1S/C40H62N8O17/c1-2-3-33(51)46-28(38(56)57)8-11-31(49)43-17-19-63-21-23-65-25-36(54)48-30(40(60)61)10-13-34(52)47-29(39(58)59)9-12-32(50)44-16-18-62-20-22-64-24-35(53)42-14-15-45-37(55)26-4-6-27(41)7-5-26/h4-7,28-30H,2-3,8-25,41H2,1H3,(H,42,53)(H,43,49)(H,44,50)(H,45,55)(H,46,51)(H,47,52)(H,48,54)(H,56,57)(H,58,59)(H,60,61). The smallest absolute Gasteiger partial charge is 0.326 e. The summed E-state index contributed by atoms with van der Waals surface area (Å²) in [5.74, 6) is -7.83. The van der Waals surface area contributed by atoms with Gasteiger partial charge in [0.25, 0.3) is 5.91 Å². The molecule has 0 bridgehead atoms. The Hall–Kier alpha value is -6.44. The first kappa shape index (κ1) is 56.6. The van der Waals surface area contributed by atoms with Crippen molar-refractivity contribution in [3.8, 4) is 0 Å². The molecule has 364 valence electrons. The summed E-state index contributed by atoms with van der Waals surface area (Å²) in [5.41, 5.74) is 6.57. The number of nitrogens with two attached hydrogens (primary N) is 1. The summed E-state index contributed by atoms with van der Waals surface area (Å²) in [6.07, 6.45) is -0.907. The molecule has 0 saturated heterocycles. The van der Waals surface area contributed by atoms with E-state index in [1.165, 1.54) is 0 Å². The summed E-state index contributed by atoms with van der Waals surface area (Å²) in [7, 11) is 0. The normalized spacial score (nSPS) is 12.1. The lowest BCUT2D eigenvalue weighted by Crippen LogP contribution is -2.45. The van der Waals surface area contributed by atoms with Gasteiger partial charge in [-0.1, -0.05) is 6.92 Å². The zero-order valence-electron chi connectivity index (χ0n) is 36.3. The quantitative estimate of drug-likeness (QED) is 0.0238. The van der Waals surface area contributed by atoms with Gasteiger partial charge in [0.1, 0.15) is 31.3 Å². The number of hydrogen-bond donors (Lipinski definition) is 11. The van der Waals surface area contributed by atoms with Crippen molar-refractivity contribution in [2.45, 2.75) is 76.4 Å². The maximum absolute atomic E-state index is 12.5. The second kappa shape index (κ2) is 34.0. The average molecular weight is 927 g/mol. The van der Waals surface area contributed by atoms with Gasteiger partial charge >= 0.3 is 17.9 Å². The summed E-state index contributed by atoms with van der Waals surface area (Å²) in [5, 5.41) is 45.4. The molecule has 1 rings (SSSR count). The Morgan fingerprint density at radius 3 is 1.32 bits per heavy atom. The summed E-state index contributed by atoms with van der Waals surface area (Å²) in [6.45, 7) is 1.86. The van der Waals surface area contributed by atoms with Crippen LogP contribution >= 0.6 is 0 Å². The van der Waals surface area contributed by atoms with Gasteiger partial charge in [-0.25, -0.2) is 14.4 Å². The molecule has 0 aliphatic rings. The largest absolute Gasteiger partial charge is 0.480 e. The predicted molar refractivity (Wildman–Crippen MR) is 227 cm³/mol. The summed E-state index contributed by atoms with van der Waals surface area (Å²) in [6, 6.07) is 2.23. The maximum Gasteiger partial charge on any atom is 0.326 e. The van der Waals surface area contributed by atoms with Crippen LogP contribution < -0.4 is 43.0 Å². The summed E-state index contributed by atoms with van der Waals surface area (Å²) < 4.78 is 21.0. The van der Waals surface area contributed by atoms with Gasteiger partial charge in [0.15, 0.2) is 0 Å². The Morgan fingerprint density at radius 1 is 0.477 bits per heavy atom. The van der Waals surface area contributed by atoms with Crippen molar-refractivity contribution in [2.24, 2.45) is 0 Å². The van der Waals surface area contributed by atoms with Crippen LogP contribution in [0.4, 0.5) is 5.69 Å². The number of benzene rings is 1. The van der Waals surface area contributed by atoms with Crippen molar-refractivity contribution >= 4 is 64.9 Å². The maximum atomic E-state index is 12.5. The van der Waals surface area contributed by atoms with Crippen LogP contribution in [0, 0.1) is 0 Å². The van der Waals surface area contributed by atoms with Crippen molar-refractivity contribution in [2.75, 3.05) is 84.8 Å². The van der Waals surface area contributed by atoms with E-state index in [1.54, 1.807) is 31.2 Å². The van der Waals surface area contributed by atoms with Crippen LogP contribution in [0.1, 0.15) is 68.6 Å². The fraction of sp³-hybridized carbons (Fsp3) is 0.600. The van der Waals surface area contributed by atoms with E-state index in [9.17, 15) is 63.3 Å². The van der Waals surface area contributed by atoms with Crippen LogP contribution in [0.5, 0.6) is 0 Å². The Kier molecular flexibility index (Phi) is 29.6. The molecule has 3 atom stereocenters. The number of carboxylic acids is 3. The highest BCUT2D eigenvalue weighted by atomic mass is 16.5. The Balaban J connectivity index is 2.17. The van der Waals surface area contributed by atoms with Gasteiger partial charge in [-0.2, -0.15) is 0 Å². The molecule has 12 N–H and O–H groups in total. The molecule has 7 amide bonds. The average Bonchev–Trinajstić information content (AvgIpc) is 3.25. The van der Waals surface area contributed by atoms with Crippen LogP contribution in [0.25, 0.3) is 0 Å². The Morgan fingerprint density at radius 2 is 0.862 bits per heavy atom. The molecule has 0 aliphatic carbocycles. The number of rotatable bonds is 37. The lowest BCUT2D eigenvalue weighted by molar-refractivity contribution is -0.144. The molecule has 65 heavy (non-hydrogen) atoms. The van der Waals surface area contributed by atoms with E-state index in [1.807, 2.05) is 0 Å². The van der Waals surface area contributed by atoms with Crippen LogP contribution in [-0.4, -0.2) is 172 Å². The minimum Gasteiger partial charge on any atom is -0.480 e. The summed E-state index contributed by atoms with van der Waals surface area (Å²) in [4.78, 5) is 119. The number of carboxylic acid groups (broad SMARTS) is 3. The first-order valence-electron chi connectivity index (χ1n) is 20.8. The monoisotopic (exact) mass is 926 g/mol. The number of carbonyl (C=O) groups excluding carboxylic acids is 7. The fourth-order valence-corrected chi connectivity index (χ4v) is 5.23. The number of carbonyl (C=O) groups is 10. The molecular formula is C40H62N8O17. The number of nitrogens with one attached hydrogen (secondary N) is 7. The molecule has 25 heteroatoms. The number of ether oxygens (including phenoxy) is 4. The molecule has 0 saturated carbocycles. The molecule has 0 radical (unpaired) electrons. The fourth-order valence-electron chi connectivity index (χ4n) is 5.23. The first-order valence-corrected chi connectivity index (χ1v) is 20.8. The zero-order valence-corrected chi connectivity index (χ0v) is 36.3. The molecule has 1 aromatic carbocycles. The molecule has 0 aliphatic heterocycles. The topological polar surface area (TPSA) is 379 Å². The number of aliphatic carboxylic acids is 3. The predicted octanol–water partition coefficient (Wildman–Crippen LogP) is -2.74. The van der Waals surface area contributed by atoms with Crippen molar-refractivity contribution in [3.05, 3.63) is 29.8 Å². The molecule has 25 nitrogen and oxygen atoms in total. The van der Waals surface area contributed by atoms with Crippen LogP contribution in [-0.2, 0) is 62.1 Å². The number of nitrogen functional groups attached to an aromatic ring is 1. The van der Waals surface area contributed by atoms with Crippen LogP contribution in [0.15, 0.2) is 24.3 Å². The van der Waals surface area contributed by atoms with Gasteiger partial charge in [0, 0.05) is 63.1 Å². The van der Waals surface area contributed by atoms with Gasteiger partial charge in [-0.3, -0.25) is 33.6 Å². The highest BCUT2D eigenvalue weighted by molar-refractivity contribution is 5.94. The second-order valence-corrected chi connectivity index (χ2v) is 14.0.